The third-order valence-electron chi connectivity index (χ3n) is 4.85. The van der Waals surface area contributed by atoms with Crippen LogP contribution in [0.5, 0.6) is 0 Å². The predicted molar refractivity (Wildman–Crippen MR) is 111 cm³/mol. The average molecular weight is 385 g/mol. The fourth-order valence-electron chi connectivity index (χ4n) is 3.42. The summed E-state index contributed by atoms with van der Waals surface area (Å²) < 4.78 is 0. The molecule has 1 amide bonds. The number of para-hydroxylation sites is 1. The molecule has 0 aliphatic heterocycles. The summed E-state index contributed by atoms with van der Waals surface area (Å²) >= 11 is 6.53. The molecule has 4 nitrogen and oxygen atoms in total. The normalized spacial score (nSPS) is 13.7. The number of nitrogens with two attached hydrogens (primary N) is 1. The van der Waals surface area contributed by atoms with Crippen molar-refractivity contribution in [3.63, 3.8) is 0 Å². The molecule has 0 bridgehead atoms. The van der Waals surface area contributed by atoms with Crippen LogP contribution in [0.25, 0.3) is 10.9 Å². The van der Waals surface area contributed by atoms with E-state index in [9.17, 15) is 4.79 Å². The van der Waals surface area contributed by atoms with Crippen molar-refractivity contribution >= 4 is 28.4 Å². The van der Waals surface area contributed by atoms with Gasteiger partial charge in [-0.2, -0.15) is 0 Å². The van der Waals surface area contributed by atoms with Gasteiger partial charge in [0.1, 0.15) is 0 Å². The van der Waals surface area contributed by atoms with Crippen LogP contribution in [0.2, 0.25) is 5.02 Å². The number of aromatic nitrogens is 1. The molecule has 0 spiro atoms. The number of aromatic amines is 1. The number of hydrogen-bond donors (Lipinski definition) is 3. The van der Waals surface area contributed by atoms with Gasteiger partial charge in [-0.3, -0.25) is 4.79 Å². The average Bonchev–Trinajstić information content (AvgIpc) is 3.06. The molecule has 4 N–H and O–H groups in total. The van der Waals surface area contributed by atoms with Gasteiger partial charge in [-0.1, -0.05) is 48.0 Å². The summed E-state index contributed by atoms with van der Waals surface area (Å²) in [4.78, 5) is 15.7. The number of quaternary nitrogens is 1. The maximum Gasteiger partial charge on any atom is 0.278 e. The molecule has 1 aromatic heterocycles. The Kier molecular flexibility index (Phi) is 6.19. The molecule has 142 valence electrons. The van der Waals surface area contributed by atoms with Crippen molar-refractivity contribution in [2.24, 2.45) is 0 Å². The van der Waals surface area contributed by atoms with Gasteiger partial charge in [-0.15, -0.1) is 0 Å². The second-order valence-corrected chi connectivity index (χ2v) is 7.69. The second-order valence-electron chi connectivity index (χ2n) is 7.29. The lowest BCUT2D eigenvalue weighted by Crippen LogP contribution is -2.92. The van der Waals surface area contributed by atoms with Gasteiger partial charge in [0.05, 0.1) is 12.5 Å². The number of rotatable bonds is 7. The Balaban J connectivity index is 1.90. The van der Waals surface area contributed by atoms with E-state index in [-0.39, 0.29) is 23.9 Å². The minimum absolute atomic E-state index is 0.0573. The maximum absolute atomic E-state index is 12.3. The highest BCUT2D eigenvalue weighted by Gasteiger charge is 2.25. The summed E-state index contributed by atoms with van der Waals surface area (Å²) in [6.45, 7) is 6.63. The molecule has 2 aromatic carbocycles. The second kappa shape index (κ2) is 8.59. The highest BCUT2D eigenvalue weighted by molar-refractivity contribution is 6.31. The maximum atomic E-state index is 12.3. The third kappa shape index (κ3) is 4.52. The van der Waals surface area contributed by atoms with Crippen molar-refractivity contribution in [1.29, 1.82) is 0 Å². The smallest absolute Gasteiger partial charge is 0.278 e. The largest absolute Gasteiger partial charge is 0.361 e. The van der Waals surface area contributed by atoms with E-state index in [1.54, 1.807) is 0 Å². The molecule has 3 aromatic rings. The number of H-pyrrole nitrogens is 1. The van der Waals surface area contributed by atoms with Crippen LogP contribution in [0, 0.1) is 0 Å². The van der Waals surface area contributed by atoms with E-state index in [1.165, 1.54) is 10.9 Å². The van der Waals surface area contributed by atoms with E-state index < -0.39 is 0 Å². The highest BCUT2D eigenvalue weighted by Crippen LogP contribution is 2.33. The molecular formula is C22H27ClN3O+. The number of nitrogens with one attached hydrogen (secondary N) is 2. The summed E-state index contributed by atoms with van der Waals surface area (Å²) in [5.74, 6) is 0.144. The van der Waals surface area contributed by atoms with Crippen molar-refractivity contribution in [1.82, 2.24) is 10.3 Å². The number of carbonyl (C=O) groups is 1. The number of benzene rings is 2. The first-order chi connectivity index (χ1) is 13.0. The summed E-state index contributed by atoms with van der Waals surface area (Å²) in [5.41, 5.74) is 3.39. The van der Waals surface area contributed by atoms with Crippen LogP contribution in [0.15, 0.2) is 54.7 Å². The number of hydrogen-bond acceptors (Lipinski definition) is 1. The van der Waals surface area contributed by atoms with Crippen LogP contribution in [-0.4, -0.2) is 29.5 Å². The molecule has 27 heavy (non-hydrogen) atoms. The van der Waals surface area contributed by atoms with E-state index in [1.807, 2.05) is 51.1 Å². The summed E-state index contributed by atoms with van der Waals surface area (Å²) in [6.07, 6.45) is 2.06. The van der Waals surface area contributed by atoms with Crippen LogP contribution in [0.1, 0.15) is 37.8 Å². The van der Waals surface area contributed by atoms with Gasteiger partial charge in [0.25, 0.3) is 5.91 Å². The lowest BCUT2D eigenvalue weighted by Gasteiger charge is -2.20. The van der Waals surface area contributed by atoms with Gasteiger partial charge in [-0.05, 0) is 44.0 Å². The lowest BCUT2D eigenvalue weighted by molar-refractivity contribution is -0.674. The Morgan fingerprint density at radius 3 is 2.52 bits per heavy atom. The quantitative estimate of drug-likeness (QED) is 0.574. The number of carbonyl (C=O) groups excluding carboxylic acids is 1. The summed E-state index contributed by atoms with van der Waals surface area (Å²) in [7, 11) is 0. The number of halogens is 1. The van der Waals surface area contributed by atoms with E-state index in [4.69, 9.17) is 11.6 Å². The number of amides is 1. The molecule has 0 aliphatic rings. The first kappa shape index (κ1) is 19.5. The zero-order valence-electron chi connectivity index (χ0n) is 16.0. The molecule has 2 atom stereocenters. The topological polar surface area (TPSA) is 61.5 Å². The van der Waals surface area contributed by atoms with Crippen molar-refractivity contribution in [2.75, 3.05) is 6.54 Å². The Morgan fingerprint density at radius 2 is 1.78 bits per heavy atom. The lowest BCUT2D eigenvalue weighted by atomic mass is 9.90. The summed E-state index contributed by atoms with van der Waals surface area (Å²) in [6, 6.07) is 16.2. The van der Waals surface area contributed by atoms with Crippen molar-refractivity contribution in [3.05, 3.63) is 70.9 Å². The minimum atomic E-state index is -0.164. The van der Waals surface area contributed by atoms with E-state index in [0.29, 0.717) is 0 Å². The zero-order chi connectivity index (χ0) is 19.4. The molecule has 0 fully saturated rings. The van der Waals surface area contributed by atoms with Gasteiger partial charge < -0.3 is 15.6 Å². The minimum Gasteiger partial charge on any atom is -0.361 e. The molecular weight excluding hydrogens is 358 g/mol. The van der Waals surface area contributed by atoms with Gasteiger partial charge in [0, 0.05) is 28.2 Å². The molecule has 0 unspecified atom stereocenters. The molecule has 0 aliphatic carbocycles. The van der Waals surface area contributed by atoms with Crippen molar-refractivity contribution in [2.45, 2.75) is 38.8 Å². The van der Waals surface area contributed by atoms with E-state index in [0.717, 1.165) is 22.6 Å². The van der Waals surface area contributed by atoms with Gasteiger partial charge in [0.15, 0.2) is 6.04 Å². The molecule has 1 heterocycles. The fourth-order valence-corrected chi connectivity index (χ4v) is 3.69. The van der Waals surface area contributed by atoms with E-state index >= 15 is 0 Å². The SMILES string of the molecule is CC(C)NC(=O)[C@H](C)[NH2+]C[C@H](c1ccccc1Cl)c1c[nH]c2ccccc12. The van der Waals surface area contributed by atoms with Crippen LogP contribution in [0.3, 0.4) is 0 Å². The van der Waals surface area contributed by atoms with Crippen LogP contribution < -0.4 is 10.6 Å². The van der Waals surface area contributed by atoms with E-state index in [2.05, 4.69) is 40.0 Å². The Morgan fingerprint density at radius 1 is 1.07 bits per heavy atom. The van der Waals surface area contributed by atoms with Crippen LogP contribution in [-0.2, 0) is 4.79 Å². The molecule has 5 heteroatoms. The third-order valence-corrected chi connectivity index (χ3v) is 5.19. The number of fused-ring (bicyclic) bond motifs is 1. The molecule has 0 saturated heterocycles. The molecule has 3 rings (SSSR count). The fraction of sp³-hybridized carbons (Fsp3) is 0.318. The molecule has 0 saturated carbocycles. The first-order valence-corrected chi connectivity index (χ1v) is 9.79. The Bertz CT molecular complexity index is 919. The summed E-state index contributed by atoms with van der Waals surface area (Å²) in [5, 5.41) is 7.01. The highest BCUT2D eigenvalue weighted by atomic mass is 35.5. The predicted octanol–water partition coefficient (Wildman–Crippen LogP) is 3.43. The van der Waals surface area contributed by atoms with Gasteiger partial charge in [0.2, 0.25) is 0 Å². The van der Waals surface area contributed by atoms with Gasteiger partial charge >= 0.3 is 0 Å². The Hall–Kier alpha value is -2.30. The zero-order valence-corrected chi connectivity index (χ0v) is 16.8. The van der Waals surface area contributed by atoms with Gasteiger partial charge in [-0.25, -0.2) is 0 Å². The Labute approximate surface area is 165 Å². The van der Waals surface area contributed by atoms with Crippen LogP contribution in [0.4, 0.5) is 0 Å². The van der Waals surface area contributed by atoms with Crippen LogP contribution >= 0.6 is 11.6 Å². The monoisotopic (exact) mass is 384 g/mol. The standard InChI is InChI=1S/C22H26ClN3O/c1-14(2)26-22(27)15(3)24-12-18(16-8-4-6-10-20(16)23)19-13-25-21-11-7-5-9-17(19)21/h4-11,13-15,18,24-25H,12H2,1-3H3,(H,26,27)/p+1/t15-,18+/m0/s1. The van der Waals surface area contributed by atoms with Crippen molar-refractivity contribution in [3.8, 4) is 0 Å². The molecule has 0 radical (unpaired) electrons. The van der Waals surface area contributed by atoms with Crippen molar-refractivity contribution < 1.29 is 10.1 Å². The first-order valence-electron chi connectivity index (χ1n) is 9.41.